The van der Waals surface area contributed by atoms with Gasteiger partial charge >= 0.3 is 5.97 Å². The van der Waals surface area contributed by atoms with Gasteiger partial charge in [-0.25, -0.2) is 9.18 Å². The molecule has 2 N–H and O–H groups in total. The van der Waals surface area contributed by atoms with E-state index in [1.165, 1.54) is 37.8 Å². The predicted molar refractivity (Wildman–Crippen MR) is 80.8 cm³/mol. The molecule has 0 bridgehead atoms. The van der Waals surface area contributed by atoms with E-state index in [0.29, 0.717) is 24.4 Å². The van der Waals surface area contributed by atoms with Crippen molar-refractivity contribution in [2.45, 2.75) is 52.1 Å². The van der Waals surface area contributed by atoms with E-state index in [1.54, 1.807) is 6.07 Å². The minimum atomic E-state index is -1.22. The zero-order chi connectivity index (χ0) is 15.4. The Kier molecular flexibility index (Phi) is 5.34. The van der Waals surface area contributed by atoms with E-state index in [4.69, 9.17) is 5.11 Å². The summed E-state index contributed by atoms with van der Waals surface area (Å²) in [5.74, 6) is -0.569. The van der Waals surface area contributed by atoms with E-state index >= 15 is 0 Å². The summed E-state index contributed by atoms with van der Waals surface area (Å²) in [6, 6.07) is 4.83. The second-order valence-electron chi connectivity index (χ2n) is 6.30. The van der Waals surface area contributed by atoms with Gasteiger partial charge in [0.1, 0.15) is 5.82 Å². The molecule has 0 heterocycles. The van der Waals surface area contributed by atoms with Gasteiger partial charge in [-0.05, 0) is 42.4 Å². The summed E-state index contributed by atoms with van der Waals surface area (Å²) in [5, 5.41) is 12.4. The van der Waals surface area contributed by atoms with Gasteiger partial charge in [0.2, 0.25) is 0 Å². The molecule has 1 aromatic carbocycles. The number of carboxylic acids is 1. The van der Waals surface area contributed by atoms with Crippen molar-refractivity contribution < 1.29 is 14.3 Å². The molecule has 1 aliphatic rings. The van der Waals surface area contributed by atoms with Gasteiger partial charge in [-0.2, -0.15) is 0 Å². The first-order valence-corrected chi connectivity index (χ1v) is 7.74. The fourth-order valence-electron chi connectivity index (χ4n) is 3.30. The number of nitrogens with one attached hydrogen (secondary N) is 1. The summed E-state index contributed by atoms with van der Waals surface area (Å²) >= 11 is 0. The van der Waals surface area contributed by atoms with Crippen LogP contribution in [0.25, 0.3) is 0 Å². The molecule has 21 heavy (non-hydrogen) atoms. The molecule has 0 radical (unpaired) electrons. The summed E-state index contributed by atoms with van der Waals surface area (Å²) < 4.78 is 13.7. The molecular weight excluding hydrogens is 269 g/mol. The largest absolute Gasteiger partial charge is 0.478 e. The Morgan fingerprint density at radius 1 is 1.38 bits per heavy atom. The molecule has 0 aromatic heterocycles. The quantitative estimate of drug-likeness (QED) is 0.867. The highest BCUT2D eigenvalue weighted by atomic mass is 19.1. The fraction of sp³-hybridized carbons (Fsp3) is 0.588. The Morgan fingerprint density at radius 2 is 2.10 bits per heavy atom. The van der Waals surface area contributed by atoms with Crippen molar-refractivity contribution in [3.8, 4) is 0 Å². The number of carbonyl (C=O) groups is 1. The Bertz CT molecular complexity index is 502. The smallest absolute Gasteiger partial charge is 0.338 e. The number of carboxylic acid groups (broad SMARTS) is 1. The zero-order valence-corrected chi connectivity index (χ0v) is 12.7. The van der Waals surface area contributed by atoms with E-state index in [2.05, 4.69) is 19.2 Å². The van der Waals surface area contributed by atoms with Crippen molar-refractivity contribution in [1.82, 2.24) is 5.32 Å². The molecule has 0 spiro atoms. The lowest BCUT2D eigenvalue weighted by molar-refractivity contribution is 0.0692. The van der Waals surface area contributed by atoms with Crippen molar-refractivity contribution in [3.63, 3.8) is 0 Å². The number of halogens is 1. The first-order chi connectivity index (χ1) is 9.99. The molecule has 2 rings (SSSR count). The van der Waals surface area contributed by atoms with E-state index < -0.39 is 11.8 Å². The Balaban J connectivity index is 1.99. The van der Waals surface area contributed by atoms with Gasteiger partial charge in [0.05, 0.1) is 5.56 Å². The summed E-state index contributed by atoms with van der Waals surface area (Å²) in [5.41, 5.74) is 0.530. The summed E-state index contributed by atoms with van der Waals surface area (Å²) in [6.07, 6.45) is 4.95. The van der Waals surface area contributed by atoms with Crippen LogP contribution in [0.5, 0.6) is 0 Å². The first-order valence-electron chi connectivity index (χ1n) is 7.74. The highest BCUT2D eigenvalue weighted by Gasteiger charge is 2.26. The first kappa shape index (κ1) is 16.0. The van der Waals surface area contributed by atoms with Gasteiger partial charge in [0, 0.05) is 12.6 Å². The average molecular weight is 293 g/mol. The SMILES string of the molecule is CC(C)C1CCCCC1NCc1ccc(C(=O)O)c(F)c1. The fourth-order valence-corrected chi connectivity index (χ4v) is 3.30. The van der Waals surface area contributed by atoms with Crippen LogP contribution in [-0.2, 0) is 6.54 Å². The standard InChI is InChI=1S/C17H24FNO2/c1-11(2)13-5-3-4-6-16(13)19-10-12-7-8-14(17(20)21)15(18)9-12/h7-9,11,13,16,19H,3-6,10H2,1-2H3,(H,20,21). The molecule has 1 saturated carbocycles. The third-order valence-electron chi connectivity index (χ3n) is 4.51. The molecule has 1 aromatic rings. The molecule has 1 aliphatic carbocycles. The second-order valence-corrected chi connectivity index (χ2v) is 6.30. The highest BCUT2D eigenvalue weighted by molar-refractivity contribution is 5.87. The van der Waals surface area contributed by atoms with Crippen LogP contribution in [0.15, 0.2) is 18.2 Å². The predicted octanol–water partition coefficient (Wildman–Crippen LogP) is 3.83. The molecule has 4 heteroatoms. The minimum Gasteiger partial charge on any atom is -0.478 e. The van der Waals surface area contributed by atoms with Crippen LogP contribution in [-0.4, -0.2) is 17.1 Å². The van der Waals surface area contributed by atoms with Crippen LogP contribution in [0, 0.1) is 17.7 Å². The highest BCUT2D eigenvalue weighted by Crippen LogP contribution is 2.30. The van der Waals surface area contributed by atoms with Crippen LogP contribution in [0.1, 0.15) is 55.5 Å². The number of rotatable bonds is 5. The van der Waals surface area contributed by atoms with Crippen molar-refractivity contribution in [2.24, 2.45) is 11.8 Å². The minimum absolute atomic E-state index is 0.267. The summed E-state index contributed by atoms with van der Waals surface area (Å²) in [6.45, 7) is 5.10. The van der Waals surface area contributed by atoms with Crippen molar-refractivity contribution in [1.29, 1.82) is 0 Å². The van der Waals surface area contributed by atoms with Crippen LogP contribution in [0.4, 0.5) is 4.39 Å². The van der Waals surface area contributed by atoms with E-state index in [-0.39, 0.29) is 5.56 Å². The maximum absolute atomic E-state index is 13.7. The van der Waals surface area contributed by atoms with Gasteiger partial charge in [-0.1, -0.05) is 32.8 Å². The Hall–Kier alpha value is -1.42. The average Bonchev–Trinajstić information content (AvgIpc) is 2.45. The van der Waals surface area contributed by atoms with Crippen molar-refractivity contribution >= 4 is 5.97 Å². The van der Waals surface area contributed by atoms with E-state index in [0.717, 1.165) is 5.56 Å². The lowest BCUT2D eigenvalue weighted by Crippen LogP contribution is -2.40. The third-order valence-corrected chi connectivity index (χ3v) is 4.51. The molecule has 2 atom stereocenters. The Labute approximate surface area is 125 Å². The van der Waals surface area contributed by atoms with Gasteiger partial charge in [0.15, 0.2) is 0 Å². The molecule has 1 fully saturated rings. The number of benzene rings is 1. The lowest BCUT2D eigenvalue weighted by atomic mass is 9.78. The molecular formula is C17H24FNO2. The van der Waals surface area contributed by atoms with Crippen LogP contribution in [0.3, 0.4) is 0 Å². The van der Waals surface area contributed by atoms with Crippen molar-refractivity contribution in [3.05, 3.63) is 35.1 Å². The van der Waals surface area contributed by atoms with Gasteiger partial charge in [0.25, 0.3) is 0 Å². The maximum atomic E-state index is 13.7. The Morgan fingerprint density at radius 3 is 2.71 bits per heavy atom. The van der Waals surface area contributed by atoms with Crippen molar-refractivity contribution in [2.75, 3.05) is 0 Å². The van der Waals surface area contributed by atoms with Crippen LogP contribution in [0.2, 0.25) is 0 Å². The third kappa shape index (κ3) is 4.03. The zero-order valence-electron chi connectivity index (χ0n) is 12.7. The molecule has 0 amide bonds. The topological polar surface area (TPSA) is 49.3 Å². The van der Waals surface area contributed by atoms with Gasteiger partial charge < -0.3 is 10.4 Å². The van der Waals surface area contributed by atoms with Gasteiger partial charge in [-0.3, -0.25) is 0 Å². The summed E-state index contributed by atoms with van der Waals surface area (Å²) in [7, 11) is 0. The van der Waals surface area contributed by atoms with Crippen LogP contribution < -0.4 is 5.32 Å². The summed E-state index contributed by atoms with van der Waals surface area (Å²) in [4.78, 5) is 10.8. The van der Waals surface area contributed by atoms with Crippen LogP contribution >= 0.6 is 0 Å². The molecule has 0 aliphatic heterocycles. The lowest BCUT2D eigenvalue weighted by Gasteiger charge is -2.35. The number of hydrogen-bond donors (Lipinski definition) is 2. The monoisotopic (exact) mass is 293 g/mol. The molecule has 116 valence electrons. The number of aromatic carboxylic acids is 1. The molecule has 3 nitrogen and oxygen atoms in total. The molecule has 2 unspecified atom stereocenters. The maximum Gasteiger partial charge on any atom is 0.338 e. The van der Waals surface area contributed by atoms with E-state index in [9.17, 15) is 9.18 Å². The van der Waals surface area contributed by atoms with E-state index in [1.807, 2.05) is 0 Å². The molecule has 0 saturated heterocycles. The van der Waals surface area contributed by atoms with Gasteiger partial charge in [-0.15, -0.1) is 0 Å². The normalized spacial score (nSPS) is 22.5. The second kappa shape index (κ2) is 7.03. The number of hydrogen-bond acceptors (Lipinski definition) is 2.